The van der Waals surface area contributed by atoms with E-state index in [9.17, 15) is 0 Å². The van der Waals surface area contributed by atoms with Gasteiger partial charge in [0, 0.05) is 45.4 Å². The van der Waals surface area contributed by atoms with Crippen LogP contribution in [0.1, 0.15) is 44.9 Å². The molecule has 2 aromatic rings. The molecular weight excluding hydrogens is 509 g/mol. The van der Waals surface area contributed by atoms with E-state index in [1.54, 1.807) is 7.05 Å². The third-order valence-electron chi connectivity index (χ3n) is 5.28. The van der Waals surface area contributed by atoms with Gasteiger partial charge in [0.2, 0.25) is 0 Å². The van der Waals surface area contributed by atoms with E-state index in [0.29, 0.717) is 12.5 Å². The molecule has 0 amide bonds. The lowest BCUT2D eigenvalue weighted by molar-refractivity contribution is 0.0203. The van der Waals surface area contributed by atoms with Crippen molar-refractivity contribution < 1.29 is 18.6 Å². The summed E-state index contributed by atoms with van der Waals surface area (Å²) in [5.74, 6) is 3.02. The van der Waals surface area contributed by atoms with Gasteiger partial charge < -0.3 is 29.3 Å². The van der Waals surface area contributed by atoms with E-state index in [2.05, 4.69) is 22.5 Å². The van der Waals surface area contributed by atoms with Crippen LogP contribution in [0.15, 0.2) is 33.7 Å². The summed E-state index contributed by atoms with van der Waals surface area (Å²) in [6, 6.07) is 7.97. The van der Waals surface area contributed by atoms with Crippen molar-refractivity contribution in [2.24, 2.45) is 10.9 Å². The van der Waals surface area contributed by atoms with Gasteiger partial charge in [-0.05, 0) is 51.2 Å². The topological polar surface area (TPSA) is 77.2 Å². The molecule has 0 saturated carbocycles. The Morgan fingerprint density at radius 3 is 2.84 bits per heavy atom. The van der Waals surface area contributed by atoms with Crippen molar-refractivity contribution in [3.05, 3.63) is 30.0 Å². The summed E-state index contributed by atoms with van der Waals surface area (Å²) in [7, 11) is 1.77. The molecule has 8 heteroatoms. The molecule has 1 atom stereocenters. The monoisotopic (exact) mass is 545 g/mol. The average Bonchev–Trinajstić information content (AvgIpc) is 3.22. The Morgan fingerprint density at radius 1 is 1.29 bits per heavy atom. The number of rotatable bonds is 10. The minimum atomic E-state index is -0.0251. The van der Waals surface area contributed by atoms with Crippen LogP contribution in [0, 0.1) is 5.92 Å². The predicted molar refractivity (Wildman–Crippen MR) is 135 cm³/mol. The lowest BCUT2D eigenvalue weighted by Crippen LogP contribution is -2.39. The molecule has 174 valence electrons. The Hall–Kier alpha value is -1.52. The molecule has 2 N–H and O–H groups in total. The molecular formula is C23H36IN3O4. The van der Waals surface area contributed by atoms with E-state index in [1.807, 2.05) is 31.2 Å². The SMILES string of the molecule is CCOc1cccc2cc(C(C)NC(=NC)NCCCOCC3CCOCC3)oc12.I. The van der Waals surface area contributed by atoms with Crippen molar-refractivity contribution in [2.75, 3.05) is 46.6 Å². The van der Waals surface area contributed by atoms with Crippen LogP contribution in [0.5, 0.6) is 5.75 Å². The zero-order valence-electron chi connectivity index (χ0n) is 18.8. The van der Waals surface area contributed by atoms with E-state index < -0.39 is 0 Å². The van der Waals surface area contributed by atoms with Gasteiger partial charge in [0.05, 0.1) is 12.6 Å². The minimum Gasteiger partial charge on any atom is -0.490 e. The highest BCUT2D eigenvalue weighted by molar-refractivity contribution is 14.0. The number of para-hydroxylation sites is 1. The molecule has 1 aromatic heterocycles. The maximum absolute atomic E-state index is 6.07. The normalized spacial score (nSPS) is 16.0. The van der Waals surface area contributed by atoms with Gasteiger partial charge in [-0.3, -0.25) is 4.99 Å². The number of hydrogen-bond acceptors (Lipinski definition) is 5. The van der Waals surface area contributed by atoms with E-state index in [1.165, 1.54) is 0 Å². The van der Waals surface area contributed by atoms with Gasteiger partial charge in [0.1, 0.15) is 5.76 Å². The van der Waals surface area contributed by atoms with Crippen LogP contribution in [-0.2, 0) is 9.47 Å². The lowest BCUT2D eigenvalue weighted by Gasteiger charge is -2.21. The van der Waals surface area contributed by atoms with Gasteiger partial charge in [-0.2, -0.15) is 0 Å². The average molecular weight is 545 g/mol. The summed E-state index contributed by atoms with van der Waals surface area (Å²) in [6.45, 7) is 8.76. The number of hydrogen-bond donors (Lipinski definition) is 2. The van der Waals surface area contributed by atoms with Gasteiger partial charge in [0.25, 0.3) is 0 Å². The molecule has 1 aliphatic heterocycles. The van der Waals surface area contributed by atoms with Crippen LogP contribution in [0.4, 0.5) is 0 Å². The van der Waals surface area contributed by atoms with Crippen molar-refractivity contribution in [3.63, 3.8) is 0 Å². The first-order valence-electron chi connectivity index (χ1n) is 11.0. The van der Waals surface area contributed by atoms with Gasteiger partial charge in [-0.1, -0.05) is 12.1 Å². The van der Waals surface area contributed by atoms with Gasteiger partial charge in [-0.25, -0.2) is 0 Å². The minimum absolute atomic E-state index is 0. The van der Waals surface area contributed by atoms with E-state index >= 15 is 0 Å². The Kier molecular flexibility index (Phi) is 11.5. The second-order valence-corrected chi connectivity index (χ2v) is 7.61. The van der Waals surface area contributed by atoms with Crippen LogP contribution in [0.2, 0.25) is 0 Å². The van der Waals surface area contributed by atoms with Crippen LogP contribution in [-0.4, -0.2) is 52.6 Å². The summed E-state index contributed by atoms with van der Waals surface area (Å²) in [6.07, 6.45) is 3.15. The summed E-state index contributed by atoms with van der Waals surface area (Å²) < 4.78 is 22.9. The van der Waals surface area contributed by atoms with Gasteiger partial charge in [0.15, 0.2) is 17.3 Å². The zero-order chi connectivity index (χ0) is 21.2. The number of nitrogens with one attached hydrogen (secondary N) is 2. The molecule has 0 aliphatic carbocycles. The molecule has 1 fully saturated rings. The first kappa shape index (κ1) is 25.7. The number of ether oxygens (including phenoxy) is 3. The van der Waals surface area contributed by atoms with Crippen molar-refractivity contribution in [3.8, 4) is 5.75 Å². The molecule has 0 bridgehead atoms. The third-order valence-corrected chi connectivity index (χ3v) is 5.28. The first-order chi connectivity index (χ1) is 14.7. The summed E-state index contributed by atoms with van der Waals surface area (Å²) in [5.41, 5.74) is 0.785. The predicted octanol–water partition coefficient (Wildman–Crippen LogP) is 4.51. The smallest absolute Gasteiger partial charge is 0.191 e. The third kappa shape index (κ3) is 7.84. The second-order valence-electron chi connectivity index (χ2n) is 7.61. The Balaban J connectivity index is 0.00000341. The maximum atomic E-state index is 6.07. The first-order valence-corrected chi connectivity index (χ1v) is 11.0. The highest BCUT2D eigenvalue weighted by atomic mass is 127. The van der Waals surface area contributed by atoms with Gasteiger partial charge >= 0.3 is 0 Å². The van der Waals surface area contributed by atoms with Crippen LogP contribution in [0.25, 0.3) is 11.0 Å². The molecule has 1 aliphatic rings. The van der Waals surface area contributed by atoms with Crippen LogP contribution in [0.3, 0.4) is 0 Å². The number of halogens is 1. The second kappa shape index (κ2) is 13.8. The molecule has 0 spiro atoms. The fraction of sp³-hybridized carbons (Fsp3) is 0.609. The molecule has 0 radical (unpaired) electrons. The maximum Gasteiger partial charge on any atom is 0.191 e. The fourth-order valence-corrected chi connectivity index (χ4v) is 3.55. The molecule has 1 aromatic carbocycles. The summed E-state index contributed by atoms with van der Waals surface area (Å²) in [5, 5.41) is 7.77. The Bertz CT molecular complexity index is 805. The van der Waals surface area contributed by atoms with Crippen LogP contribution >= 0.6 is 24.0 Å². The molecule has 1 saturated heterocycles. The van der Waals surface area contributed by atoms with Crippen molar-refractivity contribution >= 4 is 40.9 Å². The zero-order valence-corrected chi connectivity index (χ0v) is 21.1. The van der Waals surface area contributed by atoms with Crippen molar-refractivity contribution in [1.29, 1.82) is 0 Å². The highest BCUT2D eigenvalue weighted by Gasteiger charge is 2.16. The number of nitrogens with zero attached hydrogens (tertiary/aromatic N) is 1. The van der Waals surface area contributed by atoms with Gasteiger partial charge in [-0.15, -0.1) is 24.0 Å². The number of furan rings is 1. The van der Waals surface area contributed by atoms with Crippen molar-refractivity contribution in [2.45, 2.75) is 39.2 Å². The van der Waals surface area contributed by atoms with Crippen molar-refractivity contribution in [1.82, 2.24) is 10.6 Å². The molecule has 2 heterocycles. The molecule has 3 rings (SSSR count). The number of benzene rings is 1. The number of guanidine groups is 1. The number of fused-ring (bicyclic) bond motifs is 1. The van der Waals surface area contributed by atoms with E-state index in [4.69, 9.17) is 18.6 Å². The molecule has 1 unspecified atom stereocenters. The number of aliphatic imine (C=N–C) groups is 1. The fourth-order valence-electron chi connectivity index (χ4n) is 3.55. The van der Waals surface area contributed by atoms with E-state index in [0.717, 1.165) is 80.7 Å². The molecule has 31 heavy (non-hydrogen) atoms. The Morgan fingerprint density at radius 2 is 2.10 bits per heavy atom. The Labute approximate surface area is 202 Å². The quantitative estimate of drug-likeness (QED) is 0.198. The molecule has 7 nitrogen and oxygen atoms in total. The van der Waals surface area contributed by atoms with E-state index in [-0.39, 0.29) is 30.0 Å². The lowest BCUT2D eigenvalue weighted by atomic mass is 10.0. The summed E-state index contributed by atoms with van der Waals surface area (Å²) in [4.78, 5) is 4.32. The largest absolute Gasteiger partial charge is 0.490 e. The van der Waals surface area contributed by atoms with Crippen LogP contribution < -0.4 is 15.4 Å². The highest BCUT2D eigenvalue weighted by Crippen LogP contribution is 2.31. The summed E-state index contributed by atoms with van der Waals surface area (Å²) >= 11 is 0. The standard InChI is InChI=1S/C23H35N3O4.HI/c1-4-29-20-8-5-7-19-15-21(30-22(19)20)17(2)26-23(24-3)25-11-6-12-28-16-18-9-13-27-14-10-18;/h5,7-8,15,17-18H,4,6,9-14,16H2,1-3H3,(H2,24,25,26);1H.